The molecule has 21 heavy (non-hydrogen) atoms. The predicted octanol–water partition coefficient (Wildman–Crippen LogP) is 2.63. The fraction of sp³-hybridized carbons (Fsp3) is 0.188. The van der Waals surface area contributed by atoms with Gasteiger partial charge in [-0.25, -0.2) is 8.42 Å². The molecular formula is C16H17NO3S. The first kappa shape index (κ1) is 15.3. The number of carbonyl (C=O) groups excluding carboxylic acids is 1. The summed E-state index contributed by atoms with van der Waals surface area (Å²) in [6.07, 6.45) is -0.0376. The number of anilines is 1. The standard InChI is InChI=1S/C16H17NO3S/c18-16(17-15-9-5-2-6-10-15)11-12-21(19,20)13-14-7-3-1-4-8-14/h1-10H,11-13H2,(H,17,18). The molecular weight excluding hydrogens is 286 g/mol. The van der Waals surface area contributed by atoms with E-state index in [1.54, 1.807) is 36.4 Å². The minimum Gasteiger partial charge on any atom is -0.326 e. The lowest BCUT2D eigenvalue weighted by Crippen LogP contribution is -2.18. The summed E-state index contributed by atoms with van der Waals surface area (Å²) in [6, 6.07) is 17.9. The van der Waals surface area contributed by atoms with E-state index in [1.807, 2.05) is 24.3 Å². The molecule has 0 atom stereocenters. The molecule has 0 aliphatic carbocycles. The van der Waals surface area contributed by atoms with E-state index in [9.17, 15) is 13.2 Å². The SMILES string of the molecule is O=C(CCS(=O)(=O)Cc1ccccc1)Nc1ccccc1. The number of sulfone groups is 1. The number of para-hydroxylation sites is 1. The van der Waals surface area contributed by atoms with Gasteiger partial charge in [0, 0.05) is 12.1 Å². The van der Waals surface area contributed by atoms with Gasteiger partial charge in [-0.15, -0.1) is 0 Å². The number of benzene rings is 2. The topological polar surface area (TPSA) is 63.2 Å². The number of hydrogen-bond acceptors (Lipinski definition) is 3. The molecule has 5 heteroatoms. The van der Waals surface area contributed by atoms with E-state index in [0.29, 0.717) is 5.69 Å². The van der Waals surface area contributed by atoms with Crippen molar-refractivity contribution in [2.24, 2.45) is 0 Å². The van der Waals surface area contributed by atoms with Gasteiger partial charge in [0.15, 0.2) is 9.84 Å². The van der Waals surface area contributed by atoms with Crippen LogP contribution in [0.25, 0.3) is 0 Å². The third kappa shape index (κ3) is 5.39. The van der Waals surface area contributed by atoms with Crippen molar-refractivity contribution in [3.63, 3.8) is 0 Å². The van der Waals surface area contributed by atoms with Gasteiger partial charge in [0.2, 0.25) is 5.91 Å². The Morgan fingerprint density at radius 1 is 0.905 bits per heavy atom. The average Bonchev–Trinajstić information content (AvgIpc) is 2.47. The second-order valence-corrected chi connectivity index (χ2v) is 6.93. The number of nitrogens with one attached hydrogen (secondary N) is 1. The molecule has 0 spiro atoms. The number of amides is 1. The fourth-order valence-corrected chi connectivity index (χ4v) is 3.23. The zero-order valence-corrected chi connectivity index (χ0v) is 12.3. The highest BCUT2D eigenvalue weighted by molar-refractivity contribution is 7.90. The zero-order valence-electron chi connectivity index (χ0n) is 11.5. The number of carbonyl (C=O) groups is 1. The summed E-state index contributed by atoms with van der Waals surface area (Å²) < 4.78 is 24.0. The van der Waals surface area contributed by atoms with Crippen LogP contribution in [0.2, 0.25) is 0 Å². The second-order valence-electron chi connectivity index (χ2n) is 4.74. The summed E-state index contributed by atoms with van der Waals surface area (Å²) in [7, 11) is -3.28. The highest BCUT2D eigenvalue weighted by atomic mass is 32.2. The Balaban J connectivity index is 1.85. The molecule has 1 amide bonds. The summed E-state index contributed by atoms with van der Waals surface area (Å²) in [5.74, 6) is -0.481. The van der Waals surface area contributed by atoms with Gasteiger partial charge < -0.3 is 5.32 Å². The van der Waals surface area contributed by atoms with Crippen LogP contribution in [0, 0.1) is 0 Å². The summed E-state index contributed by atoms with van der Waals surface area (Å²) in [6.45, 7) is 0. The molecule has 0 aliphatic heterocycles. The molecule has 0 aromatic heterocycles. The summed E-state index contributed by atoms with van der Waals surface area (Å²) in [5.41, 5.74) is 1.41. The Bertz CT molecular complexity index is 682. The van der Waals surface area contributed by atoms with E-state index in [0.717, 1.165) is 5.56 Å². The van der Waals surface area contributed by atoms with Gasteiger partial charge in [0.25, 0.3) is 0 Å². The minimum atomic E-state index is -3.28. The van der Waals surface area contributed by atoms with Crippen LogP contribution >= 0.6 is 0 Å². The van der Waals surface area contributed by atoms with Gasteiger partial charge >= 0.3 is 0 Å². The monoisotopic (exact) mass is 303 g/mol. The molecule has 2 aromatic carbocycles. The average molecular weight is 303 g/mol. The molecule has 4 nitrogen and oxygen atoms in total. The quantitative estimate of drug-likeness (QED) is 0.892. The van der Waals surface area contributed by atoms with E-state index in [-0.39, 0.29) is 23.8 Å². The van der Waals surface area contributed by atoms with E-state index >= 15 is 0 Å². The maximum Gasteiger partial charge on any atom is 0.225 e. The molecule has 2 rings (SSSR count). The van der Waals surface area contributed by atoms with E-state index < -0.39 is 9.84 Å². The third-order valence-corrected chi connectivity index (χ3v) is 4.53. The van der Waals surface area contributed by atoms with Crippen molar-refractivity contribution in [3.05, 3.63) is 66.2 Å². The Kier molecular flexibility index (Phi) is 5.11. The van der Waals surface area contributed by atoms with Crippen LogP contribution in [0.15, 0.2) is 60.7 Å². The zero-order chi connectivity index (χ0) is 15.1. The Labute approximate surface area is 124 Å². The van der Waals surface area contributed by atoms with Gasteiger partial charge in [-0.05, 0) is 17.7 Å². The van der Waals surface area contributed by atoms with Crippen LogP contribution < -0.4 is 5.32 Å². The maximum atomic E-state index is 12.0. The highest BCUT2D eigenvalue weighted by Crippen LogP contribution is 2.09. The van der Waals surface area contributed by atoms with Crippen LogP contribution in [0.3, 0.4) is 0 Å². The van der Waals surface area contributed by atoms with Crippen LogP contribution in [-0.4, -0.2) is 20.1 Å². The normalized spacial score (nSPS) is 11.0. The molecule has 2 aromatic rings. The van der Waals surface area contributed by atoms with Gasteiger partial charge in [0.1, 0.15) is 0 Å². The molecule has 0 bridgehead atoms. The lowest BCUT2D eigenvalue weighted by Gasteiger charge is -2.06. The van der Waals surface area contributed by atoms with E-state index in [4.69, 9.17) is 0 Å². The summed E-state index contributed by atoms with van der Waals surface area (Å²) >= 11 is 0. The molecule has 1 N–H and O–H groups in total. The van der Waals surface area contributed by atoms with Crippen molar-refractivity contribution in [1.29, 1.82) is 0 Å². The molecule has 0 heterocycles. The van der Waals surface area contributed by atoms with Crippen molar-refractivity contribution in [2.75, 3.05) is 11.1 Å². The first-order chi connectivity index (χ1) is 10.1. The van der Waals surface area contributed by atoms with Gasteiger partial charge in [-0.2, -0.15) is 0 Å². The number of rotatable bonds is 6. The van der Waals surface area contributed by atoms with E-state index in [2.05, 4.69) is 5.32 Å². The molecule has 0 saturated carbocycles. The Morgan fingerprint density at radius 2 is 1.48 bits per heavy atom. The van der Waals surface area contributed by atoms with Crippen molar-refractivity contribution in [1.82, 2.24) is 0 Å². The third-order valence-electron chi connectivity index (χ3n) is 2.93. The molecule has 0 radical (unpaired) electrons. The summed E-state index contributed by atoms with van der Waals surface area (Å²) in [5, 5.41) is 2.67. The minimum absolute atomic E-state index is 0.0353. The molecule has 110 valence electrons. The van der Waals surface area contributed by atoms with Gasteiger partial charge in [0.05, 0.1) is 11.5 Å². The second kappa shape index (κ2) is 7.04. The first-order valence-electron chi connectivity index (χ1n) is 6.64. The van der Waals surface area contributed by atoms with Crippen molar-refractivity contribution in [2.45, 2.75) is 12.2 Å². The molecule has 0 aliphatic rings. The van der Waals surface area contributed by atoms with Crippen LogP contribution in [-0.2, 0) is 20.4 Å². The van der Waals surface area contributed by atoms with Crippen molar-refractivity contribution in [3.8, 4) is 0 Å². The lowest BCUT2D eigenvalue weighted by molar-refractivity contribution is -0.115. The highest BCUT2D eigenvalue weighted by Gasteiger charge is 2.14. The van der Waals surface area contributed by atoms with Crippen molar-refractivity contribution < 1.29 is 13.2 Å². The van der Waals surface area contributed by atoms with Crippen molar-refractivity contribution >= 4 is 21.4 Å². The van der Waals surface area contributed by atoms with Gasteiger partial charge in [-0.1, -0.05) is 48.5 Å². The Morgan fingerprint density at radius 3 is 2.10 bits per heavy atom. The Hall–Kier alpha value is -2.14. The molecule has 0 unspecified atom stereocenters. The predicted molar refractivity (Wildman–Crippen MR) is 83.6 cm³/mol. The van der Waals surface area contributed by atoms with Crippen LogP contribution in [0.1, 0.15) is 12.0 Å². The lowest BCUT2D eigenvalue weighted by atomic mass is 10.2. The van der Waals surface area contributed by atoms with E-state index in [1.165, 1.54) is 0 Å². The van der Waals surface area contributed by atoms with Crippen LogP contribution in [0.5, 0.6) is 0 Å². The largest absolute Gasteiger partial charge is 0.326 e. The van der Waals surface area contributed by atoms with Crippen LogP contribution in [0.4, 0.5) is 5.69 Å². The fourth-order valence-electron chi connectivity index (χ4n) is 1.89. The molecule has 0 fully saturated rings. The smallest absolute Gasteiger partial charge is 0.225 e. The maximum absolute atomic E-state index is 12.0. The number of hydrogen-bond donors (Lipinski definition) is 1. The molecule has 0 saturated heterocycles. The first-order valence-corrected chi connectivity index (χ1v) is 8.46. The summed E-state index contributed by atoms with van der Waals surface area (Å²) in [4.78, 5) is 11.7. The van der Waals surface area contributed by atoms with Gasteiger partial charge in [-0.3, -0.25) is 4.79 Å².